The lowest BCUT2D eigenvalue weighted by molar-refractivity contribution is 0.180. The average Bonchev–Trinajstić information content (AvgIpc) is 2.77. The fourth-order valence-electron chi connectivity index (χ4n) is 3.72. The third-order valence-electron chi connectivity index (χ3n) is 4.83. The summed E-state index contributed by atoms with van der Waals surface area (Å²) in [5, 5.41) is 0. The molecule has 19 heavy (non-hydrogen) atoms. The largest absolute Gasteiger partial charge is 0.299 e. The molecule has 2 aliphatic heterocycles. The summed E-state index contributed by atoms with van der Waals surface area (Å²) in [4.78, 5) is 5.44. The molecule has 0 radical (unpaired) electrons. The minimum absolute atomic E-state index is 0.669. The van der Waals surface area contributed by atoms with Crippen molar-refractivity contribution in [1.82, 2.24) is 9.80 Å². The Bertz CT molecular complexity index is 390. The molecule has 2 heteroatoms. The van der Waals surface area contributed by atoms with Crippen molar-refractivity contribution in [2.24, 2.45) is 0 Å². The second kappa shape index (κ2) is 6.06. The van der Waals surface area contributed by atoms with Gasteiger partial charge in [-0.15, -0.1) is 0 Å². The molecule has 2 atom stereocenters. The molecule has 1 aromatic carbocycles. The molecule has 0 N–H and O–H groups in total. The Balaban J connectivity index is 1.61. The average molecular weight is 258 g/mol. The molecular formula is C17H26N2. The van der Waals surface area contributed by atoms with Crippen LogP contribution in [0.2, 0.25) is 0 Å². The summed E-state index contributed by atoms with van der Waals surface area (Å²) >= 11 is 0. The second-order valence-electron chi connectivity index (χ2n) is 6.22. The summed E-state index contributed by atoms with van der Waals surface area (Å²) in [6.45, 7) is 7.62. The van der Waals surface area contributed by atoms with Crippen LogP contribution in [0.25, 0.3) is 0 Å². The van der Waals surface area contributed by atoms with Gasteiger partial charge in [-0.05, 0) is 57.8 Å². The fraction of sp³-hybridized carbons (Fsp3) is 0.647. The Hall–Kier alpha value is -0.860. The molecule has 2 fully saturated rings. The second-order valence-corrected chi connectivity index (χ2v) is 6.22. The minimum atomic E-state index is 0.669. The van der Waals surface area contributed by atoms with E-state index in [4.69, 9.17) is 0 Å². The molecule has 2 saturated heterocycles. The summed E-state index contributed by atoms with van der Waals surface area (Å²) in [6.07, 6.45) is 5.35. The highest BCUT2D eigenvalue weighted by atomic mass is 15.3. The molecule has 0 spiro atoms. The lowest BCUT2D eigenvalue weighted by Crippen LogP contribution is -2.41. The van der Waals surface area contributed by atoms with Crippen molar-refractivity contribution >= 4 is 0 Å². The summed E-state index contributed by atoms with van der Waals surface area (Å²) in [7, 11) is 0. The van der Waals surface area contributed by atoms with Crippen LogP contribution in [0, 0.1) is 0 Å². The Kier molecular flexibility index (Phi) is 4.19. The van der Waals surface area contributed by atoms with Gasteiger partial charge in [-0.25, -0.2) is 0 Å². The van der Waals surface area contributed by atoms with Gasteiger partial charge in [0.25, 0.3) is 0 Å². The highest BCUT2D eigenvalue weighted by molar-refractivity contribution is 5.15. The summed E-state index contributed by atoms with van der Waals surface area (Å²) < 4.78 is 0. The van der Waals surface area contributed by atoms with Gasteiger partial charge in [0, 0.05) is 18.6 Å². The molecule has 3 rings (SSSR count). The van der Waals surface area contributed by atoms with Crippen LogP contribution in [0.5, 0.6) is 0 Å². The number of hydrogen-bond donors (Lipinski definition) is 0. The third-order valence-corrected chi connectivity index (χ3v) is 4.83. The van der Waals surface area contributed by atoms with E-state index in [0.717, 1.165) is 6.04 Å². The molecule has 1 aromatic rings. The molecule has 0 aliphatic carbocycles. The van der Waals surface area contributed by atoms with Gasteiger partial charge in [0.2, 0.25) is 0 Å². The number of rotatable bonds is 3. The van der Waals surface area contributed by atoms with Gasteiger partial charge >= 0.3 is 0 Å². The van der Waals surface area contributed by atoms with Crippen molar-refractivity contribution < 1.29 is 0 Å². The van der Waals surface area contributed by atoms with Crippen LogP contribution in [0.1, 0.15) is 31.7 Å². The van der Waals surface area contributed by atoms with Crippen LogP contribution in [0.3, 0.4) is 0 Å². The zero-order valence-corrected chi connectivity index (χ0v) is 12.1. The number of hydrogen-bond acceptors (Lipinski definition) is 2. The monoisotopic (exact) mass is 258 g/mol. The molecule has 2 unspecified atom stereocenters. The lowest BCUT2D eigenvalue weighted by atomic mass is 10.1. The van der Waals surface area contributed by atoms with Gasteiger partial charge in [0.15, 0.2) is 0 Å². The summed E-state index contributed by atoms with van der Waals surface area (Å²) in [5.74, 6) is 0. The zero-order valence-electron chi connectivity index (χ0n) is 12.1. The first kappa shape index (κ1) is 13.1. The maximum absolute atomic E-state index is 2.73. The Morgan fingerprint density at radius 2 is 1.89 bits per heavy atom. The van der Waals surface area contributed by atoms with Gasteiger partial charge in [0.1, 0.15) is 0 Å². The van der Waals surface area contributed by atoms with E-state index in [1.165, 1.54) is 57.4 Å². The predicted molar refractivity (Wildman–Crippen MR) is 80.4 cm³/mol. The Morgan fingerprint density at radius 1 is 1.11 bits per heavy atom. The van der Waals surface area contributed by atoms with Gasteiger partial charge in [0.05, 0.1) is 0 Å². The summed E-state index contributed by atoms with van der Waals surface area (Å²) in [5.41, 5.74) is 1.47. The van der Waals surface area contributed by atoms with E-state index in [1.54, 1.807) is 0 Å². The number of benzene rings is 1. The third kappa shape index (κ3) is 3.18. The van der Waals surface area contributed by atoms with Crippen molar-refractivity contribution in [1.29, 1.82) is 0 Å². The van der Waals surface area contributed by atoms with E-state index in [-0.39, 0.29) is 0 Å². The zero-order chi connectivity index (χ0) is 13.1. The van der Waals surface area contributed by atoms with Crippen LogP contribution in [0.4, 0.5) is 0 Å². The molecular weight excluding hydrogens is 232 g/mol. The van der Waals surface area contributed by atoms with E-state index in [1.807, 2.05) is 0 Å². The van der Waals surface area contributed by atoms with Gasteiger partial charge in [-0.2, -0.15) is 0 Å². The van der Waals surface area contributed by atoms with Crippen molar-refractivity contribution in [2.45, 2.75) is 44.7 Å². The van der Waals surface area contributed by atoms with Crippen molar-refractivity contribution in [3.63, 3.8) is 0 Å². The number of fused-ring (bicyclic) bond motifs is 1. The van der Waals surface area contributed by atoms with Crippen LogP contribution < -0.4 is 0 Å². The Labute approximate surface area is 117 Å². The van der Waals surface area contributed by atoms with Crippen LogP contribution in [-0.2, 0) is 6.42 Å². The quantitative estimate of drug-likeness (QED) is 0.822. The number of nitrogens with zero attached hydrogens (tertiary/aromatic N) is 2. The van der Waals surface area contributed by atoms with Crippen molar-refractivity contribution in [2.75, 3.05) is 26.2 Å². The highest BCUT2D eigenvalue weighted by Gasteiger charge is 2.30. The minimum Gasteiger partial charge on any atom is -0.299 e. The lowest BCUT2D eigenvalue weighted by Gasteiger charge is -2.30. The molecule has 0 aromatic heterocycles. The normalized spacial score (nSPS) is 26.9. The standard InChI is InChI=1S/C17H26N2/c1-15(13-16-7-3-2-4-8-16)19-12-6-11-18-10-5-9-17(18)14-19/h2-4,7-8,15,17H,5-6,9-14H2,1H3. The highest BCUT2D eigenvalue weighted by Crippen LogP contribution is 2.23. The first-order valence-electron chi connectivity index (χ1n) is 7.85. The van der Waals surface area contributed by atoms with Crippen LogP contribution in [-0.4, -0.2) is 48.1 Å². The first-order valence-corrected chi connectivity index (χ1v) is 7.85. The van der Waals surface area contributed by atoms with E-state index >= 15 is 0 Å². The van der Waals surface area contributed by atoms with E-state index in [9.17, 15) is 0 Å². The fourth-order valence-corrected chi connectivity index (χ4v) is 3.72. The van der Waals surface area contributed by atoms with E-state index in [2.05, 4.69) is 47.1 Å². The van der Waals surface area contributed by atoms with Crippen LogP contribution in [0.15, 0.2) is 30.3 Å². The first-order chi connectivity index (χ1) is 9.33. The van der Waals surface area contributed by atoms with Crippen molar-refractivity contribution in [3.8, 4) is 0 Å². The van der Waals surface area contributed by atoms with Crippen LogP contribution >= 0.6 is 0 Å². The Morgan fingerprint density at radius 3 is 2.74 bits per heavy atom. The van der Waals surface area contributed by atoms with E-state index < -0.39 is 0 Å². The summed E-state index contributed by atoms with van der Waals surface area (Å²) in [6, 6.07) is 12.4. The van der Waals surface area contributed by atoms with Gasteiger partial charge in [-0.3, -0.25) is 9.80 Å². The molecule has 0 bridgehead atoms. The van der Waals surface area contributed by atoms with Crippen molar-refractivity contribution in [3.05, 3.63) is 35.9 Å². The smallest absolute Gasteiger partial charge is 0.0223 e. The van der Waals surface area contributed by atoms with E-state index in [0.29, 0.717) is 6.04 Å². The molecule has 2 nitrogen and oxygen atoms in total. The molecule has 104 valence electrons. The topological polar surface area (TPSA) is 6.48 Å². The molecule has 0 amide bonds. The molecule has 2 aliphatic rings. The molecule has 0 saturated carbocycles. The maximum Gasteiger partial charge on any atom is 0.0223 e. The SMILES string of the molecule is CC(Cc1ccccc1)N1CCCN2CCCC2C1. The predicted octanol–water partition coefficient (Wildman–Crippen LogP) is 2.79. The molecule has 2 heterocycles. The maximum atomic E-state index is 2.73. The van der Waals surface area contributed by atoms with Gasteiger partial charge < -0.3 is 0 Å². The van der Waals surface area contributed by atoms with Gasteiger partial charge in [-0.1, -0.05) is 30.3 Å².